The van der Waals surface area contributed by atoms with Crippen LogP contribution in [0.5, 0.6) is 11.5 Å². The summed E-state index contributed by atoms with van der Waals surface area (Å²) in [5.74, 6) is 1.58. The molecule has 0 spiro atoms. The molecule has 0 unspecified atom stereocenters. The Labute approximate surface area is 162 Å². The van der Waals surface area contributed by atoms with E-state index in [0.717, 1.165) is 34.7 Å². The number of hydrogen-bond donors (Lipinski definition) is 1. The first kappa shape index (κ1) is 20.6. The maximum atomic E-state index is 12.3. The van der Waals surface area contributed by atoms with Gasteiger partial charge in [-0.3, -0.25) is 4.90 Å². The third-order valence-corrected chi connectivity index (χ3v) is 4.49. The number of benzene rings is 2. The van der Waals surface area contributed by atoms with Crippen molar-refractivity contribution >= 4 is 11.7 Å². The number of anilines is 1. The smallest absolute Gasteiger partial charge is 0.321 e. The lowest BCUT2D eigenvalue weighted by Crippen LogP contribution is -2.38. The van der Waals surface area contributed by atoms with Crippen LogP contribution in [0.1, 0.15) is 37.5 Å². The molecule has 0 aliphatic heterocycles. The molecule has 0 saturated heterocycles. The molecule has 0 fully saturated rings. The minimum Gasteiger partial charge on any atom is -0.493 e. The van der Waals surface area contributed by atoms with E-state index in [2.05, 4.69) is 24.4 Å². The quantitative estimate of drug-likeness (QED) is 0.733. The molecule has 0 saturated carbocycles. The molecule has 2 rings (SSSR count). The van der Waals surface area contributed by atoms with E-state index in [0.29, 0.717) is 19.8 Å². The summed E-state index contributed by atoms with van der Waals surface area (Å²) in [5, 5.41) is 2.69. The monoisotopic (exact) mass is 370 g/mol. The van der Waals surface area contributed by atoms with E-state index in [1.165, 1.54) is 5.56 Å². The second-order valence-corrected chi connectivity index (χ2v) is 6.23. The maximum absolute atomic E-state index is 12.3. The van der Waals surface area contributed by atoms with Crippen molar-refractivity contribution < 1.29 is 14.3 Å². The van der Waals surface area contributed by atoms with Gasteiger partial charge in [-0.15, -0.1) is 0 Å². The molecule has 0 bridgehead atoms. The molecule has 0 heterocycles. The Morgan fingerprint density at radius 2 is 1.85 bits per heavy atom. The average molecular weight is 370 g/mol. The number of aryl methyl sites for hydroxylation is 2. The zero-order valence-electron chi connectivity index (χ0n) is 17.0. The van der Waals surface area contributed by atoms with Gasteiger partial charge < -0.3 is 14.8 Å². The normalized spacial score (nSPS) is 10.4. The van der Waals surface area contributed by atoms with Crippen molar-refractivity contribution in [3.05, 3.63) is 53.1 Å². The van der Waals surface area contributed by atoms with Gasteiger partial charge in [0.2, 0.25) is 0 Å². The van der Waals surface area contributed by atoms with Crippen LogP contribution in [0.3, 0.4) is 0 Å². The molecule has 0 radical (unpaired) electrons. The highest BCUT2D eigenvalue weighted by Crippen LogP contribution is 2.32. The lowest BCUT2D eigenvalue weighted by molar-refractivity contribution is 0.248. The minimum absolute atomic E-state index is 0.157. The van der Waals surface area contributed by atoms with E-state index < -0.39 is 0 Å². The fraction of sp³-hybridized carbons (Fsp3) is 0.409. The van der Waals surface area contributed by atoms with E-state index in [1.807, 2.05) is 45.0 Å². The van der Waals surface area contributed by atoms with Crippen LogP contribution in [0.4, 0.5) is 10.5 Å². The zero-order chi connectivity index (χ0) is 19.8. The molecular weight excluding hydrogens is 340 g/mol. The molecule has 0 atom stereocenters. The molecule has 2 amide bonds. The zero-order valence-corrected chi connectivity index (χ0v) is 17.0. The van der Waals surface area contributed by atoms with Gasteiger partial charge in [-0.1, -0.05) is 25.1 Å². The summed E-state index contributed by atoms with van der Waals surface area (Å²) >= 11 is 0. The first-order valence-corrected chi connectivity index (χ1v) is 9.51. The van der Waals surface area contributed by atoms with E-state index >= 15 is 0 Å². The van der Waals surface area contributed by atoms with Crippen LogP contribution in [-0.2, 0) is 13.0 Å². The summed E-state index contributed by atoms with van der Waals surface area (Å²) in [4.78, 5) is 14.0. The van der Waals surface area contributed by atoms with Crippen molar-refractivity contribution in [3.63, 3.8) is 0 Å². The number of urea groups is 1. The molecule has 1 N–H and O–H groups in total. The molecule has 0 aliphatic carbocycles. The van der Waals surface area contributed by atoms with Crippen LogP contribution in [0.2, 0.25) is 0 Å². The third kappa shape index (κ3) is 4.94. The highest BCUT2D eigenvalue weighted by atomic mass is 16.5. The van der Waals surface area contributed by atoms with Gasteiger partial charge in [-0.2, -0.15) is 0 Å². The van der Waals surface area contributed by atoms with Gasteiger partial charge in [0.15, 0.2) is 0 Å². The van der Waals surface area contributed by atoms with Gasteiger partial charge in [0.05, 0.1) is 17.9 Å². The predicted molar refractivity (Wildman–Crippen MR) is 110 cm³/mol. The summed E-state index contributed by atoms with van der Waals surface area (Å²) in [7, 11) is 1.63. The van der Waals surface area contributed by atoms with Crippen LogP contribution in [0.25, 0.3) is 0 Å². The van der Waals surface area contributed by atoms with Gasteiger partial charge >= 0.3 is 6.03 Å². The Bertz CT molecular complexity index is 774. The van der Waals surface area contributed by atoms with Gasteiger partial charge in [-0.25, -0.2) is 4.79 Å². The van der Waals surface area contributed by atoms with Gasteiger partial charge in [0.1, 0.15) is 18.1 Å². The summed E-state index contributed by atoms with van der Waals surface area (Å²) in [6, 6.07) is 11.8. The highest BCUT2D eigenvalue weighted by Gasteiger charge is 2.19. The van der Waals surface area contributed by atoms with Crippen LogP contribution >= 0.6 is 0 Å². The van der Waals surface area contributed by atoms with Gasteiger partial charge in [0, 0.05) is 13.6 Å². The topological polar surface area (TPSA) is 50.8 Å². The number of carbonyl (C=O) groups excluding carboxylic acids is 1. The summed E-state index contributed by atoms with van der Waals surface area (Å²) in [6.45, 7) is 9.50. The van der Waals surface area contributed by atoms with E-state index in [-0.39, 0.29) is 6.03 Å². The molecule has 0 aliphatic rings. The Morgan fingerprint density at radius 3 is 2.44 bits per heavy atom. The lowest BCUT2D eigenvalue weighted by atomic mass is 10.1. The van der Waals surface area contributed by atoms with E-state index in [4.69, 9.17) is 9.47 Å². The Morgan fingerprint density at radius 1 is 1.07 bits per heavy atom. The van der Waals surface area contributed by atoms with Crippen LogP contribution in [0.15, 0.2) is 36.4 Å². The fourth-order valence-electron chi connectivity index (χ4n) is 3.04. The second kappa shape index (κ2) is 9.86. The largest absolute Gasteiger partial charge is 0.493 e. The van der Waals surface area contributed by atoms with Crippen molar-refractivity contribution in [2.24, 2.45) is 0 Å². The summed E-state index contributed by atoms with van der Waals surface area (Å²) in [6.07, 6.45) is 0.996. The molecule has 0 aromatic heterocycles. The third-order valence-electron chi connectivity index (χ3n) is 4.49. The number of nitrogens with one attached hydrogen (secondary N) is 1. The summed E-state index contributed by atoms with van der Waals surface area (Å²) < 4.78 is 11.9. The SMILES string of the molecule is CCOc1cccc(N(CC)C(=O)NC)c1COc1ccc(CC)cc1C. The number of rotatable bonds is 8. The lowest BCUT2D eigenvalue weighted by Gasteiger charge is -2.25. The first-order chi connectivity index (χ1) is 13.0. The molecular formula is C22H30N2O3. The number of amides is 2. The number of carbonyl (C=O) groups is 1. The number of nitrogens with zero attached hydrogens (tertiary/aromatic N) is 1. The molecule has 27 heavy (non-hydrogen) atoms. The van der Waals surface area contributed by atoms with E-state index in [1.54, 1.807) is 11.9 Å². The van der Waals surface area contributed by atoms with Crippen molar-refractivity contribution in [2.75, 3.05) is 25.1 Å². The predicted octanol–water partition coefficient (Wildman–Crippen LogP) is 4.70. The van der Waals surface area contributed by atoms with Crippen LogP contribution < -0.4 is 19.7 Å². The molecule has 2 aromatic carbocycles. The molecule has 5 heteroatoms. The number of ether oxygens (including phenoxy) is 2. The maximum Gasteiger partial charge on any atom is 0.321 e. The van der Waals surface area contributed by atoms with Crippen molar-refractivity contribution in [2.45, 2.75) is 40.7 Å². The van der Waals surface area contributed by atoms with Crippen molar-refractivity contribution in [3.8, 4) is 11.5 Å². The molecule has 5 nitrogen and oxygen atoms in total. The molecule has 146 valence electrons. The standard InChI is InChI=1S/C22H30N2O3/c1-6-17-12-13-20(16(4)14-17)27-15-18-19(24(7-2)22(25)23-5)10-9-11-21(18)26-8-3/h9-14H,6-8,15H2,1-5H3,(H,23,25). The van der Waals surface area contributed by atoms with Crippen molar-refractivity contribution in [1.82, 2.24) is 5.32 Å². The minimum atomic E-state index is -0.157. The van der Waals surface area contributed by atoms with E-state index in [9.17, 15) is 4.79 Å². The van der Waals surface area contributed by atoms with Crippen LogP contribution in [0, 0.1) is 6.92 Å². The van der Waals surface area contributed by atoms with Crippen LogP contribution in [-0.4, -0.2) is 26.2 Å². The first-order valence-electron chi connectivity index (χ1n) is 9.51. The Balaban J connectivity index is 2.36. The number of hydrogen-bond acceptors (Lipinski definition) is 3. The Kier molecular flexibility index (Phi) is 7.53. The average Bonchev–Trinajstić information content (AvgIpc) is 2.68. The molecule has 2 aromatic rings. The fourth-order valence-corrected chi connectivity index (χ4v) is 3.04. The Hall–Kier alpha value is -2.69. The van der Waals surface area contributed by atoms with Gasteiger partial charge in [-0.05, 0) is 56.5 Å². The highest BCUT2D eigenvalue weighted by molar-refractivity contribution is 5.93. The second-order valence-electron chi connectivity index (χ2n) is 6.23. The van der Waals surface area contributed by atoms with Crippen molar-refractivity contribution in [1.29, 1.82) is 0 Å². The summed E-state index contributed by atoms with van der Waals surface area (Å²) in [5.41, 5.74) is 4.05. The van der Waals surface area contributed by atoms with Gasteiger partial charge in [0.25, 0.3) is 0 Å².